The molecule has 0 heterocycles. The maximum atomic E-state index is 11.9. The van der Waals surface area contributed by atoms with E-state index < -0.39 is 16.1 Å². The minimum absolute atomic E-state index is 0.0459. The normalized spacial score (nSPS) is 13.4. The number of rotatable bonds is 4. The lowest BCUT2D eigenvalue weighted by Gasteiger charge is -2.12. The van der Waals surface area contributed by atoms with Crippen molar-refractivity contribution < 1.29 is 13.2 Å². The number of benzene rings is 1. The van der Waals surface area contributed by atoms with E-state index in [1.165, 1.54) is 26.0 Å². The fourth-order valence-electron chi connectivity index (χ4n) is 1.07. The molecule has 1 unspecified atom stereocenters. The second-order valence-electron chi connectivity index (χ2n) is 3.53. The van der Waals surface area contributed by atoms with Crippen molar-refractivity contribution in [3.8, 4) is 0 Å². The maximum Gasteiger partial charge on any atom is 0.242 e. The van der Waals surface area contributed by atoms with Gasteiger partial charge in [0.1, 0.15) is 10.7 Å². The van der Waals surface area contributed by atoms with E-state index in [4.69, 9.17) is 11.6 Å². The van der Waals surface area contributed by atoms with Crippen molar-refractivity contribution in [3.63, 3.8) is 0 Å². The van der Waals surface area contributed by atoms with E-state index in [2.05, 4.69) is 20.7 Å². The van der Waals surface area contributed by atoms with Gasteiger partial charge < -0.3 is 0 Å². The SMILES string of the molecule is CC(=O)C(C)NS(=O)(=O)c1ccc(Br)cc1Cl. The summed E-state index contributed by atoms with van der Waals surface area (Å²) in [5, 5.41) is 0.0997. The Hall–Kier alpha value is -0.430. The number of Topliss-reactive ketones (excluding diaryl/α,β-unsaturated/α-hetero) is 1. The topological polar surface area (TPSA) is 63.2 Å². The summed E-state index contributed by atoms with van der Waals surface area (Å²) in [6.45, 7) is 2.79. The molecule has 0 saturated carbocycles. The number of halogens is 2. The van der Waals surface area contributed by atoms with Gasteiger partial charge in [0.05, 0.1) is 11.1 Å². The molecule has 0 saturated heterocycles. The van der Waals surface area contributed by atoms with Gasteiger partial charge in [-0.15, -0.1) is 0 Å². The van der Waals surface area contributed by atoms with Crippen LogP contribution in [0.1, 0.15) is 13.8 Å². The third-order valence-electron chi connectivity index (χ3n) is 2.13. The Morgan fingerprint density at radius 3 is 2.53 bits per heavy atom. The van der Waals surface area contributed by atoms with Crippen LogP contribution >= 0.6 is 27.5 Å². The van der Waals surface area contributed by atoms with Gasteiger partial charge in [0.25, 0.3) is 0 Å². The van der Waals surface area contributed by atoms with Gasteiger partial charge in [-0.1, -0.05) is 27.5 Å². The molecule has 0 aliphatic rings. The highest BCUT2D eigenvalue weighted by Gasteiger charge is 2.22. The first-order valence-electron chi connectivity index (χ1n) is 4.72. The van der Waals surface area contributed by atoms with Crippen LogP contribution in [0.3, 0.4) is 0 Å². The molecule has 7 heteroatoms. The molecule has 1 atom stereocenters. The van der Waals surface area contributed by atoms with Crippen LogP contribution in [0.15, 0.2) is 27.6 Å². The fourth-order valence-corrected chi connectivity index (χ4v) is 3.37. The van der Waals surface area contributed by atoms with Gasteiger partial charge in [-0.25, -0.2) is 13.1 Å². The van der Waals surface area contributed by atoms with Gasteiger partial charge in [0.2, 0.25) is 10.0 Å². The molecule has 94 valence electrons. The standard InChI is InChI=1S/C10H11BrClNO3S/c1-6(7(2)14)13-17(15,16)10-4-3-8(11)5-9(10)12/h3-6,13H,1-2H3. The van der Waals surface area contributed by atoms with Crippen molar-refractivity contribution in [1.29, 1.82) is 0 Å². The minimum atomic E-state index is -3.78. The average molecular weight is 341 g/mol. The van der Waals surface area contributed by atoms with Crippen molar-refractivity contribution in [2.75, 3.05) is 0 Å². The largest absolute Gasteiger partial charge is 0.298 e. The highest BCUT2D eigenvalue weighted by Crippen LogP contribution is 2.25. The Balaban J connectivity index is 3.10. The number of sulfonamides is 1. The lowest BCUT2D eigenvalue weighted by atomic mass is 10.3. The molecule has 0 radical (unpaired) electrons. The van der Waals surface area contributed by atoms with Crippen molar-refractivity contribution >= 4 is 43.3 Å². The average Bonchev–Trinajstić information content (AvgIpc) is 2.15. The molecule has 1 rings (SSSR count). The molecule has 17 heavy (non-hydrogen) atoms. The predicted octanol–water partition coefficient (Wildman–Crippen LogP) is 2.36. The van der Waals surface area contributed by atoms with Crippen LogP contribution in [0.25, 0.3) is 0 Å². The second kappa shape index (κ2) is 5.48. The van der Waals surface area contributed by atoms with Gasteiger partial charge in [0.15, 0.2) is 0 Å². The Kier molecular flexibility index (Phi) is 4.71. The second-order valence-corrected chi connectivity index (χ2v) is 6.53. The molecule has 0 amide bonds. The molecular weight excluding hydrogens is 330 g/mol. The zero-order valence-electron chi connectivity index (χ0n) is 9.20. The van der Waals surface area contributed by atoms with Crippen molar-refractivity contribution in [2.24, 2.45) is 0 Å². The van der Waals surface area contributed by atoms with E-state index in [1.54, 1.807) is 6.07 Å². The Labute approximate surface area is 114 Å². The van der Waals surface area contributed by atoms with E-state index in [-0.39, 0.29) is 15.7 Å². The van der Waals surface area contributed by atoms with Crippen LogP contribution < -0.4 is 4.72 Å². The maximum absolute atomic E-state index is 11.9. The summed E-state index contributed by atoms with van der Waals surface area (Å²) in [5.74, 6) is -0.262. The van der Waals surface area contributed by atoms with Crippen molar-refractivity contribution in [3.05, 3.63) is 27.7 Å². The predicted molar refractivity (Wildman–Crippen MR) is 69.6 cm³/mol. The smallest absolute Gasteiger partial charge is 0.242 e. The summed E-state index contributed by atoms with van der Waals surface area (Å²) in [4.78, 5) is 11.0. The first-order valence-corrected chi connectivity index (χ1v) is 7.37. The van der Waals surface area contributed by atoms with Crippen LogP contribution in [0.2, 0.25) is 5.02 Å². The molecule has 0 spiro atoms. The number of nitrogens with one attached hydrogen (secondary N) is 1. The zero-order chi connectivity index (χ0) is 13.2. The summed E-state index contributed by atoms with van der Waals surface area (Å²) < 4.78 is 26.8. The minimum Gasteiger partial charge on any atom is -0.298 e. The quantitative estimate of drug-likeness (QED) is 0.915. The number of hydrogen-bond donors (Lipinski definition) is 1. The highest BCUT2D eigenvalue weighted by atomic mass is 79.9. The first-order chi connectivity index (χ1) is 7.74. The lowest BCUT2D eigenvalue weighted by molar-refractivity contribution is -0.118. The van der Waals surface area contributed by atoms with Crippen molar-refractivity contribution in [1.82, 2.24) is 4.72 Å². The van der Waals surface area contributed by atoms with Gasteiger partial charge in [-0.3, -0.25) is 4.79 Å². The van der Waals surface area contributed by atoms with E-state index in [0.29, 0.717) is 4.47 Å². The molecule has 1 aromatic carbocycles. The number of carbonyl (C=O) groups excluding carboxylic acids is 1. The molecule has 0 fully saturated rings. The lowest BCUT2D eigenvalue weighted by Crippen LogP contribution is -2.37. The zero-order valence-corrected chi connectivity index (χ0v) is 12.4. The van der Waals surface area contributed by atoms with E-state index in [0.717, 1.165) is 0 Å². The third kappa shape index (κ3) is 3.77. The van der Waals surface area contributed by atoms with Gasteiger partial charge in [0, 0.05) is 4.47 Å². The van der Waals surface area contributed by atoms with E-state index >= 15 is 0 Å². The van der Waals surface area contributed by atoms with Crippen LogP contribution in [0, 0.1) is 0 Å². The van der Waals surface area contributed by atoms with Crippen LogP contribution in [0.5, 0.6) is 0 Å². The molecule has 4 nitrogen and oxygen atoms in total. The molecule has 0 aromatic heterocycles. The molecule has 1 aromatic rings. The summed E-state index contributed by atoms with van der Waals surface area (Å²) in [5.41, 5.74) is 0. The summed E-state index contributed by atoms with van der Waals surface area (Å²) in [6, 6.07) is 3.65. The van der Waals surface area contributed by atoms with Crippen molar-refractivity contribution in [2.45, 2.75) is 24.8 Å². The monoisotopic (exact) mass is 339 g/mol. The molecule has 1 N–H and O–H groups in total. The fraction of sp³-hybridized carbons (Fsp3) is 0.300. The van der Waals surface area contributed by atoms with Gasteiger partial charge >= 0.3 is 0 Å². The van der Waals surface area contributed by atoms with E-state index in [9.17, 15) is 13.2 Å². The summed E-state index contributed by atoms with van der Waals surface area (Å²) in [6.07, 6.45) is 0. The van der Waals surface area contributed by atoms with Crippen LogP contribution in [0.4, 0.5) is 0 Å². The highest BCUT2D eigenvalue weighted by molar-refractivity contribution is 9.10. The first kappa shape index (κ1) is 14.6. The van der Waals surface area contributed by atoms with E-state index in [1.807, 2.05) is 0 Å². The number of hydrogen-bond acceptors (Lipinski definition) is 3. The van der Waals surface area contributed by atoms with Gasteiger partial charge in [-0.05, 0) is 32.0 Å². The van der Waals surface area contributed by atoms with Gasteiger partial charge in [-0.2, -0.15) is 0 Å². The molecule has 0 aliphatic heterocycles. The Morgan fingerprint density at radius 1 is 1.47 bits per heavy atom. The third-order valence-corrected chi connectivity index (χ3v) is 4.64. The molecular formula is C10H11BrClNO3S. The Bertz CT molecular complexity index is 544. The molecule has 0 aliphatic carbocycles. The number of carbonyl (C=O) groups is 1. The van der Waals surface area contributed by atoms with Crippen LogP contribution in [-0.2, 0) is 14.8 Å². The van der Waals surface area contributed by atoms with Crippen LogP contribution in [-0.4, -0.2) is 20.2 Å². The Morgan fingerprint density at radius 2 is 2.06 bits per heavy atom. The number of ketones is 1. The molecule has 0 bridgehead atoms. The summed E-state index contributed by atoms with van der Waals surface area (Å²) >= 11 is 9.03. The summed E-state index contributed by atoms with van der Waals surface area (Å²) in [7, 11) is -3.78.